The molecule has 0 aliphatic heterocycles. The minimum Gasteiger partial charge on any atom is -0.507 e. The van der Waals surface area contributed by atoms with Gasteiger partial charge in [0, 0.05) is 17.7 Å². The second-order valence-electron chi connectivity index (χ2n) is 8.46. The van der Waals surface area contributed by atoms with E-state index in [1.807, 2.05) is 0 Å². The molecule has 0 spiro atoms. The van der Waals surface area contributed by atoms with Crippen LogP contribution in [0.25, 0.3) is 34.2 Å². The fourth-order valence-electron chi connectivity index (χ4n) is 3.78. The van der Waals surface area contributed by atoms with Crippen LogP contribution in [0.2, 0.25) is 0 Å². The Kier molecular flexibility index (Phi) is 10.6. The van der Waals surface area contributed by atoms with Crippen LogP contribution < -0.4 is 18.9 Å². The SMILES string of the molecule is OCCOc1ccc(-c2nc(-c3ccc(OCCO)cc3O)nc(-c3ccc(OCCO)cc3OCCO)n2)cc1. The Bertz CT molecular complexity index is 1420. The maximum Gasteiger partial charge on any atom is 0.167 e. The van der Waals surface area contributed by atoms with Gasteiger partial charge in [-0.1, -0.05) is 0 Å². The topological polar surface area (TPSA) is 177 Å². The molecule has 1 heterocycles. The van der Waals surface area contributed by atoms with E-state index in [2.05, 4.69) is 15.0 Å². The molecule has 0 saturated carbocycles. The molecule has 41 heavy (non-hydrogen) atoms. The summed E-state index contributed by atoms with van der Waals surface area (Å²) in [6.07, 6.45) is 0. The van der Waals surface area contributed by atoms with Crippen LogP contribution >= 0.6 is 0 Å². The molecule has 0 fully saturated rings. The number of phenols is 1. The highest BCUT2D eigenvalue weighted by Crippen LogP contribution is 2.36. The van der Waals surface area contributed by atoms with Crippen LogP contribution in [0, 0.1) is 0 Å². The molecule has 0 atom stereocenters. The molecule has 0 saturated heterocycles. The van der Waals surface area contributed by atoms with Crippen LogP contribution in [0.15, 0.2) is 60.7 Å². The van der Waals surface area contributed by atoms with Crippen molar-refractivity contribution in [2.75, 3.05) is 52.9 Å². The fraction of sp³-hybridized carbons (Fsp3) is 0.276. The number of aromatic hydroxyl groups is 1. The lowest BCUT2D eigenvalue weighted by Gasteiger charge is -2.14. The molecule has 0 radical (unpaired) electrons. The molecule has 12 heteroatoms. The molecule has 0 unspecified atom stereocenters. The van der Waals surface area contributed by atoms with Crippen molar-refractivity contribution in [3.63, 3.8) is 0 Å². The molecular formula is C29H31N3O9. The average molecular weight is 566 g/mol. The maximum atomic E-state index is 10.8. The number of rotatable bonds is 15. The van der Waals surface area contributed by atoms with E-state index in [1.54, 1.807) is 54.6 Å². The van der Waals surface area contributed by atoms with E-state index in [1.165, 1.54) is 6.07 Å². The fourth-order valence-corrected chi connectivity index (χ4v) is 3.78. The van der Waals surface area contributed by atoms with Gasteiger partial charge in [0.15, 0.2) is 17.5 Å². The second-order valence-corrected chi connectivity index (χ2v) is 8.46. The summed E-state index contributed by atoms with van der Waals surface area (Å²) < 4.78 is 22.1. The summed E-state index contributed by atoms with van der Waals surface area (Å²) in [7, 11) is 0. The van der Waals surface area contributed by atoms with Crippen molar-refractivity contribution >= 4 is 0 Å². The Morgan fingerprint density at radius 2 is 0.951 bits per heavy atom. The van der Waals surface area contributed by atoms with Gasteiger partial charge in [0.1, 0.15) is 55.2 Å². The third-order valence-corrected chi connectivity index (χ3v) is 5.58. The van der Waals surface area contributed by atoms with E-state index in [9.17, 15) is 10.2 Å². The number of ether oxygens (including phenoxy) is 4. The molecule has 0 aliphatic carbocycles. The lowest BCUT2D eigenvalue weighted by atomic mass is 10.1. The first-order valence-corrected chi connectivity index (χ1v) is 12.8. The zero-order chi connectivity index (χ0) is 29.0. The average Bonchev–Trinajstić information content (AvgIpc) is 3.00. The van der Waals surface area contributed by atoms with E-state index in [-0.39, 0.29) is 70.3 Å². The zero-order valence-corrected chi connectivity index (χ0v) is 22.1. The number of phenolic OH excluding ortho intramolecular Hbond substituents is 1. The van der Waals surface area contributed by atoms with Crippen LogP contribution in [-0.2, 0) is 0 Å². The number of hydrogen-bond donors (Lipinski definition) is 5. The molecule has 1 aromatic heterocycles. The van der Waals surface area contributed by atoms with E-state index in [4.69, 9.17) is 34.3 Å². The largest absolute Gasteiger partial charge is 0.507 e. The predicted octanol–water partition coefficient (Wildman–Crippen LogP) is 2.06. The van der Waals surface area contributed by atoms with Gasteiger partial charge < -0.3 is 44.5 Å². The monoisotopic (exact) mass is 565 g/mol. The zero-order valence-electron chi connectivity index (χ0n) is 22.1. The first kappa shape index (κ1) is 29.5. The lowest BCUT2D eigenvalue weighted by Crippen LogP contribution is -2.06. The van der Waals surface area contributed by atoms with Crippen molar-refractivity contribution in [2.45, 2.75) is 0 Å². The molecule has 3 aromatic carbocycles. The Hall–Kier alpha value is -4.49. The Morgan fingerprint density at radius 3 is 1.54 bits per heavy atom. The Morgan fingerprint density at radius 1 is 0.488 bits per heavy atom. The lowest BCUT2D eigenvalue weighted by molar-refractivity contribution is 0.195. The molecule has 5 N–H and O–H groups in total. The van der Waals surface area contributed by atoms with Gasteiger partial charge in [-0.3, -0.25) is 0 Å². The van der Waals surface area contributed by atoms with Gasteiger partial charge in [0.2, 0.25) is 0 Å². The molecule has 4 rings (SSSR count). The van der Waals surface area contributed by atoms with Gasteiger partial charge in [0.05, 0.1) is 37.6 Å². The van der Waals surface area contributed by atoms with Crippen LogP contribution in [0.3, 0.4) is 0 Å². The number of nitrogens with zero attached hydrogens (tertiary/aromatic N) is 3. The quantitative estimate of drug-likeness (QED) is 0.142. The standard InChI is InChI=1S/C29H31N3O9/c33-9-13-38-20-3-1-19(2-4-20)27-30-28(23-7-5-21(17-25(23)37)39-14-10-34)32-29(31-27)24-8-6-22(40-15-11-35)18-26(24)41-16-12-36/h1-8,17-18,33-37H,9-16H2. The summed E-state index contributed by atoms with van der Waals surface area (Å²) in [6, 6.07) is 16.6. The summed E-state index contributed by atoms with van der Waals surface area (Å²) in [5, 5.41) is 47.3. The third-order valence-electron chi connectivity index (χ3n) is 5.58. The number of benzene rings is 3. The third kappa shape index (κ3) is 7.80. The molecule has 4 aromatic rings. The van der Waals surface area contributed by atoms with Crippen LogP contribution in [-0.4, -0.2) is 93.3 Å². The van der Waals surface area contributed by atoms with Crippen LogP contribution in [0.1, 0.15) is 0 Å². The Labute approximate surface area is 236 Å². The summed E-state index contributed by atoms with van der Waals surface area (Å²) in [4.78, 5) is 13.9. The van der Waals surface area contributed by atoms with E-state index >= 15 is 0 Å². The van der Waals surface area contributed by atoms with Crippen molar-refractivity contribution < 1.29 is 44.5 Å². The number of hydrogen-bond acceptors (Lipinski definition) is 12. The number of aliphatic hydroxyl groups excluding tert-OH is 4. The van der Waals surface area contributed by atoms with Gasteiger partial charge in [0.25, 0.3) is 0 Å². The van der Waals surface area contributed by atoms with Crippen molar-refractivity contribution in [1.29, 1.82) is 0 Å². The van der Waals surface area contributed by atoms with E-state index in [0.717, 1.165) is 0 Å². The molecule has 0 bridgehead atoms. The Balaban J connectivity index is 1.82. The maximum absolute atomic E-state index is 10.8. The summed E-state index contributed by atoms with van der Waals surface area (Å²) in [5.41, 5.74) is 1.43. The highest BCUT2D eigenvalue weighted by molar-refractivity contribution is 5.73. The summed E-state index contributed by atoms with van der Waals surface area (Å²) in [6.45, 7) is -0.335. The van der Waals surface area contributed by atoms with Crippen molar-refractivity contribution in [1.82, 2.24) is 15.0 Å². The van der Waals surface area contributed by atoms with Crippen molar-refractivity contribution in [3.05, 3.63) is 60.7 Å². The normalized spacial score (nSPS) is 10.8. The van der Waals surface area contributed by atoms with Crippen LogP contribution in [0.5, 0.6) is 28.7 Å². The molecule has 0 amide bonds. The first-order chi connectivity index (χ1) is 20.1. The van der Waals surface area contributed by atoms with Gasteiger partial charge >= 0.3 is 0 Å². The molecule has 0 aliphatic rings. The number of aromatic nitrogens is 3. The minimum atomic E-state index is -0.224. The van der Waals surface area contributed by atoms with Crippen LogP contribution in [0.4, 0.5) is 0 Å². The number of aliphatic hydroxyl groups is 4. The predicted molar refractivity (Wildman–Crippen MR) is 148 cm³/mol. The van der Waals surface area contributed by atoms with Gasteiger partial charge in [-0.2, -0.15) is 0 Å². The highest BCUT2D eigenvalue weighted by Gasteiger charge is 2.18. The first-order valence-electron chi connectivity index (χ1n) is 12.8. The van der Waals surface area contributed by atoms with Gasteiger partial charge in [-0.05, 0) is 48.5 Å². The molecule has 12 nitrogen and oxygen atoms in total. The highest BCUT2D eigenvalue weighted by atomic mass is 16.5. The minimum absolute atomic E-state index is 0.00659. The smallest absolute Gasteiger partial charge is 0.167 e. The van der Waals surface area contributed by atoms with E-state index in [0.29, 0.717) is 45.5 Å². The van der Waals surface area contributed by atoms with Crippen molar-refractivity contribution in [2.24, 2.45) is 0 Å². The summed E-state index contributed by atoms with van der Waals surface area (Å²) in [5.74, 6) is 2.27. The van der Waals surface area contributed by atoms with Gasteiger partial charge in [-0.25, -0.2) is 15.0 Å². The van der Waals surface area contributed by atoms with Crippen molar-refractivity contribution in [3.8, 4) is 62.9 Å². The van der Waals surface area contributed by atoms with E-state index < -0.39 is 0 Å². The summed E-state index contributed by atoms with van der Waals surface area (Å²) >= 11 is 0. The second kappa shape index (κ2) is 14.8. The van der Waals surface area contributed by atoms with Gasteiger partial charge in [-0.15, -0.1) is 0 Å². The molecule has 216 valence electrons. The molecular weight excluding hydrogens is 534 g/mol.